The van der Waals surface area contributed by atoms with E-state index in [0.29, 0.717) is 44.3 Å². The summed E-state index contributed by atoms with van der Waals surface area (Å²) >= 11 is 0. The first-order valence-corrected chi connectivity index (χ1v) is 14.0. The van der Waals surface area contributed by atoms with Gasteiger partial charge < -0.3 is 22.8 Å². The summed E-state index contributed by atoms with van der Waals surface area (Å²) in [5.74, 6) is 0. The summed E-state index contributed by atoms with van der Waals surface area (Å²) in [6.45, 7) is 0. The Labute approximate surface area is 243 Å². The Hall–Kier alpha value is -6.01. The Kier molecular flexibility index (Phi) is 4.95. The number of para-hydroxylation sites is 4. The van der Waals surface area contributed by atoms with Crippen LogP contribution in [-0.2, 0) is 0 Å². The van der Waals surface area contributed by atoms with Crippen molar-refractivity contribution in [2.24, 2.45) is 0 Å². The highest BCUT2D eigenvalue weighted by molar-refractivity contribution is 5.98. The van der Waals surface area contributed by atoms with Crippen LogP contribution in [0.3, 0.4) is 0 Å². The van der Waals surface area contributed by atoms with Gasteiger partial charge >= 0.3 is 0 Å². The van der Waals surface area contributed by atoms with Gasteiger partial charge in [0, 0.05) is 17.8 Å². The van der Waals surface area contributed by atoms with Crippen molar-refractivity contribution in [2.45, 2.75) is 0 Å². The predicted molar refractivity (Wildman–Crippen MR) is 171 cm³/mol. The molecule has 0 atom stereocenters. The van der Waals surface area contributed by atoms with Crippen molar-refractivity contribution in [1.82, 2.24) is 9.55 Å². The average molecular weight is 559 g/mol. The highest BCUT2D eigenvalue weighted by Crippen LogP contribution is 2.33. The molecule has 9 aromatic rings. The van der Waals surface area contributed by atoms with Crippen LogP contribution in [0.4, 0.5) is 0 Å². The number of nitrogens with one attached hydrogen (secondary N) is 1. The van der Waals surface area contributed by atoms with Crippen LogP contribution in [0.1, 0.15) is 0 Å². The number of fused-ring (bicyclic) bond motifs is 6. The van der Waals surface area contributed by atoms with Gasteiger partial charge in [0.2, 0.25) is 5.43 Å². The highest BCUT2D eigenvalue weighted by Gasteiger charge is 2.14. The molecule has 0 radical (unpaired) electrons. The summed E-state index contributed by atoms with van der Waals surface area (Å²) in [5, 5.41) is 1.15. The number of hydrogen-bond donors (Lipinski definition) is 1. The molecule has 0 aliphatic carbocycles. The van der Waals surface area contributed by atoms with Crippen LogP contribution in [0, 0.1) is 0 Å². The lowest BCUT2D eigenvalue weighted by Gasteiger charge is -2.17. The minimum atomic E-state index is -0.0252. The van der Waals surface area contributed by atoms with Gasteiger partial charge in [-0.25, -0.2) is 0 Å². The Bertz CT molecular complexity index is 2650. The number of benzene rings is 6. The van der Waals surface area contributed by atoms with Gasteiger partial charge in [-0.1, -0.05) is 54.6 Å². The van der Waals surface area contributed by atoms with Crippen molar-refractivity contribution in [3.63, 3.8) is 0 Å². The quantitative estimate of drug-likeness (QED) is 0.214. The van der Waals surface area contributed by atoms with E-state index in [-0.39, 0.29) is 5.43 Å². The largest absolute Gasteiger partial charge is 0.456 e. The third-order valence-electron chi connectivity index (χ3n) is 8.02. The predicted octanol–water partition coefficient (Wildman–Crippen LogP) is 9.66. The molecule has 0 aliphatic rings. The van der Waals surface area contributed by atoms with Gasteiger partial charge in [-0.15, -0.1) is 0 Å². The molecule has 0 spiro atoms. The highest BCUT2D eigenvalue weighted by atomic mass is 16.4. The summed E-state index contributed by atoms with van der Waals surface area (Å²) in [7, 11) is 0. The minimum absolute atomic E-state index is 0.0252. The second kappa shape index (κ2) is 8.99. The van der Waals surface area contributed by atoms with Crippen LogP contribution in [-0.4, -0.2) is 9.55 Å². The molecule has 3 heterocycles. The Morgan fingerprint density at radius 3 is 1.88 bits per heavy atom. The summed E-state index contributed by atoms with van der Waals surface area (Å²) < 4.78 is 20.9. The Balaban J connectivity index is 1.30. The first kappa shape index (κ1) is 23.7. The smallest absolute Gasteiger partial charge is 0.200 e. The van der Waals surface area contributed by atoms with Crippen molar-refractivity contribution in [1.29, 1.82) is 0 Å². The number of rotatable bonds is 2. The molecule has 204 valence electrons. The van der Waals surface area contributed by atoms with E-state index in [4.69, 9.17) is 13.3 Å². The van der Waals surface area contributed by atoms with Gasteiger partial charge in [0.1, 0.15) is 11.2 Å². The molecule has 6 nitrogen and oxygen atoms in total. The molecule has 0 aliphatic heterocycles. The third kappa shape index (κ3) is 3.70. The molecule has 6 heteroatoms. The van der Waals surface area contributed by atoms with E-state index in [9.17, 15) is 4.79 Å². The molecule has 0 saturated carbocycles. The van der Waals surface area contributed by atoms with E-state index < -0.39 is 0 Å². The lowest BCUT2D eigenvalue weighted by molar-refractivity contribution is 0.582. The van der Waals surface area contributed by atoms with E-state index in [0.717, 1.165) is 38.9 Å². The van der Waals surface area contributed by atoms with Crippen LogP contribution in [0.25, 0.3) is 83.2 Å². The minimum Gasteiger partial charge on any atom is -0.456 e. The maximum absolute atomic E-state index is 13.1. The van der Waals surface area contributed by atoms with Crippen molar-refractivity contribution < 1.29 is 13.3 Å². The van der Waals surface area contributed by atoms with Crippen LogP contribution in [0.2, 0.25) is 0 Å². The van der Waals surface area contributed by atoms with Crippen molar-refractivity contribution >= 4 is 66.3 Å². The average Bonchev–Trinajstić information content (AvgIpc) is 3.05. The zero-order chi connectivity index (χ0) is 28.5. The second-order valence-electron chi connectivity index (χ2n) is 10.6. The zero-order valence-corrected chi connectivity index (χ0v) is 22.7. The van der Waals surface area contributed by atoms with E-state index >= 15 is 0 Å². The van der Waals surface area contributed by atoms with Gasteiger partial charge in [0.15, 0.2) is 22.3 Å². The molecule has 9 rings (SSSR count). The van der Waals surface area contributed by atoms with Gasteiger partial charge in [-0.2, -0.15) is 0 Å². The second-order valence-corrected chi connectivity index (χ2v) is 10.6. The van der Waals surface area contributed by atoms with Gasteiger partial charge in [-0.3, -0.25) is 4.79 Å². The van der Waals surface area contributed by atoms with Gasteiger partial charge in [-0.05, 0) is 71.8 Å². The molecule has 0 bridgehead atoms. The maximum atomic E-state index is 13.1. The Morgan fingerprint density at radius 2 is 1.07 bits per heavy atom. The van der Waals surface area contributed by atoms with Crippen molar-refractivity contribution in [3.05, 3.63) is 138 Å². The Morgan fingerprint density at radius 1 is 0.465 bits per heavy atom. The maximum Gasteiger partial charge on any atom is 0.200 e. The van der Waals surface area contributed by atoms with Crippen molar-refractivity contribution in [3.8, 4) is 16.8 Å². The molecule has 43 heavy (non-hydrogen) atoms. The van der Waals surface area contributed by atoms with Gasteiger partial charge in [0.25, 0.3) is 0 Å². The van der Waals surface area contributed by atoms with Crippen LogP contribution in [0.15, 0.2) is 145 Å². The van der Waals surface area contributed by atoms with Crippen LogP contribution >= 0.6 is 0 Å². The number of hydrogen-bond acceptors (Lipinski definition) is 4. The lowest BCUT2D eigenvalue weighted by atomic mass is 10.0. The van der Waals surface area contributed by atoms with Crippen molar-refractivity contribution in [2.75, 3.05) is 0 Å². The lowest BCUT2D eigenvalue weighted by Crippen LogP contribution is -2.02. The number of aromatic nitrogens is 2. The summed E-state index contributed by atoms with van der Waals surface area (Å²) in [4.78, 5) is 16.7. The first-order chi connectivity index (χ1) is 21.2. The molecule has 6 aromatic carbocycles. The number of H-pyrrole nitrogens is 1. The van der Waals surface area contributed by atoms with E-state index in [1.165, 1.54) is 0 Å². The fourth-order valence-electron chi connectivity index (χ4n) is 5.97. The molecular weight excluding hydrogens is 536 g/mol. The number of aromatic amines is 1. The standard InChI is InChI=1S/C37H22N2O4/c40-37-25-10-4-5-11-31(25)41-34-19-23(14-16-26(34)37)22-15-17-29-27(18-22)38-28-20-35-36(43-33-13-7-6-12-32(33)42-35)21-30(28)39(29)24-8-2-1-3-9-24/h1-21,38H. The van der Waals surface area contributed by atoms with Crippen LogP contribution < -0.4 is 5.43 Å². The summed E-state index contributed by atoms with van der Waals surface area (Å²) in [6.07, 6.45) is 0. The number of nitrogens with zero attached hydrogens (tertiary/aromatic N) is 1. The SMILES string of the molecule is O=c1c2ccccc2oc2cc(-c3ccc4c(c3)[nH]c3cc5oc6ccccc6oc5cc3n4-c3ccccc3)ccc12. The topological polar surface area (TPSA) is 77.2 Å². The van der Waals surface area contributed by atoms with E-state index in [1.807, 2.05) is 91.0 Å². The van der Waals surface area contributed by atoms with Gasteiger partial charge in [0.05, 0.1) is 32.8 Å². The third-order valence-corrected chi connectivity index (χ3v) is 8.02. The zero-order valence-electron chi connectivity index (χ0n) is 22.7. The molecular formula is C37H22N2O4. The molecule has 0 saturated heterocycles. The van der Waals surface area contributed by atoms with Crippen LogP contribution in [0.5, 0.6) is 0 Å². The van der Waals surface area contributed by atoms with E-state index in [1.54, 1.807) is 6.07 Å². The normalized spacial score (nSPS) is 11.8. The summed E-state index contributed by atoms with van der Waals surface area (Å²) in [6, 6.07) is 41.4. The molecule has 0 amide bonds. The molecule has 0 unspecified atom stereocenters. The summed E-state index contributed by atoms with van der Waals surface area (Å²) in [5.41, 5.74) is 10.5. The monoisotopic (exact) mass is 558 g/mol. The fourth-order valence-corrected chi connectivity index (χ4v) is 5.97. The molecule has 1 N–H and O–H groups in total. The molecule has 0 fully saturated rings. The van der Waals surface area contributed by atoms with E-state index in [2.05, 4.69) is 39.9 Å². The molecule has 3 aromatic heterocycles. The fraction of sp³-hybridized carbons (Fsp3) is 0. The first-order valence-electron chi connectivity index (χ1n) is 14.0.